The minimum Gasteiger partial charge on any atom is -0.497 e. The predicted molar refractivity (Wildman–Crippen MR) is 75.6 cm³/mol. The van der Waals surface area contributed by atoms with E-state index in [2.05, 4.69) is 5.32 Å². The van der Waals surface area contributed by atoms with E-state index in [1.807, 2.05) is 31.2 Å². The molecule has 0 aliphatic rings. The van der Waals surface area contributed by atoms with Gasteiger partial charge in [0.1, 0.15) is 5.75 Å². The fourth-order valence-corrected chi connectivity index (χ4v) is 1.67. The number of esters is 1. The highest BCUT2D eigenvalue weighted by Gasteiger charge is 2.16. The number of likely N-dealkylation sites (N-methyl/N-ethyl adjacent to an activating group) is 1. The summed E-state index contributed by atoms with van der Waals surface area (Å²) in [5.41, 5.74) is 1.02. The van der Waals surface area contributed by atoms with Crippen LogP contribution >= 0.6 is 0 Å². The van der Waals surface area contributed by atoms with Gasteiger partial charge in [-0.25, -0.2) is 0 Å². The van der Waals surface area contributed by atoms with E-state index in [-0.39, 0.29) is 18.3 Å². The number of amides is 1. The van der Waals surface area contributed by atoms with E-state index in [1.54, 1.807) is 14.0 Å². The predicted octanol–water partition coefficient (Wildman–Crippen LogP) is 1.70. The zero-order valence-electron chi connectivity index (χ0n) is 12.1. The van der Waals surface area contributed by atoms with Crippen molar-refractivity contribution in [1.29, 1.82) is 0 Å². The first-order chi connectivity index (χ1) is 9.56. The fourth-order valence-electron chi connectivity index (χ4n) is 1.67. The maximum Gasteiger partial charge on any atom is 0.306 e. The lowest BCUT2D eigenvalue weighted by Gasteiger charge is -2.12. The number of carbonyl (C=O) groups is 2. The van der Waals surface area contributed by atoms with Gasteiger partial charge in [0.25, 0.3) is 5.91 Å². The third kappa shape index (κ3) is 5.30. The molecule has 110 valence electrons. The highest BCUT2D eigenvalue weighted by Crippen LogP contribution is 2.12. The van der Waals surface area contributed by atoms with Crippen molar-refractivity contribution >= 4 is 11.9 Å². The van der Waals surface area contributed by atoms with E-state index in [0.29, 0.717) is 13.0 Å². The van der Waals surface area contributed by atoms with Crippen molar-refractivity contribution in [1.82, 2.24) is 5.32 Å². The van der Waals surface area contributed by atoms with Crippen molar-refractivity contribution in [3.05, 3.63) is 29.8 Å². The molecule has 1 N–H and O–H groups in total. The van der Waals surface area contributed by atoms with E-state index < -0.39 is 6.10 Å². The molecule has 1 aromatic rings. The number of nitrogens with one attached hydrogen (secondary N) is 1. The van der Waals surface area contributed by atoms with Crippen LogP contribution in [0.25, 0.3) is 0 Å². The number of aryl methyl sites for hydroxylation is 1. The Morgan fingerprint density at radius 3 is 2.45 bits per heavy atom. The summed E-state index contributed by atoms with van der Waals surface area (Å²) in [5.74, 6) is 0.131. The number of rotatable bonds is 7. The van der Waals surface area contributed by atoms with Gasteiger partial charge in [-0.15, -0.1) is 0 Å². The quantitative estimate of drug-likeness (QED) is 0.771. The summed E-state index contributed by atoms with van der Waals surface area (Å²) in [6.45, 7) is 3.90. The number of benzene rings is 1. The Balaban J connectivity index is 2.37. The number of hydrogen-bond acceptors (Lipinski definition) is 4. The second-order valence-electron chi connectivity index (χ2n) is 4.37. The Morgan fingerprint density at radius 1 is 1.25 bits per heavy atom. The fraction of sp³-hybridized carbons (Fsp3) is 0.467. The lowest BCUT2D eigenvalue weighted by atomic mass is 10.1. The zero-order chi connectivity index (χ0) is 15.0. The molecule has 0 spiro atoms. The Labute approximate surface area is 119 Å². The van der Waals surface area contributed by atoms with E-state index >= 15 is 0 Å². The van der Waals surface area contributed by atoms with Crippen LogP contribution in [-0.2, 0) is 20.7 Å². The highest BCUT2D eigenvalue weighted by molar-refractivity contribution is 5.83. The molecule has 1 rings (SSSR count). The molecule has 0 saturated carbocycles. The molecule has 1 atom stereocenters. The molecule has 1 aromatic carbocycles. The van der Waals surface area contributed by atoms with Gasteiger partial charge in [-0.05, 0) is 38.0 Å². The summed E-state index contributed by atoms with van der Waals surface area (Å²) in [6.07, 6.45) is 0.0689. The summed E-state index contributed by atoms with van der Waals surface area (Å²) < 4.78 is 10.1. The maximum atomic E-state index is 11.6. The highest BCUT2D eigenvalue weighted by atomic mass is 16.5. The minimum atomic E-state index is -0.752. The van der Waals surface area contributed by atoms with Crippen molar-refractivity contribution in [2.24, 2.45) is 0 Å². The molecule has 5 heteroatoms. The molecule has 1 amide bonds. The first-order valence-corrected chi connectivity index (χ1v) is 6.67. The summed E-state index contributed by atoms with van der Waals surface area (Å²) in [4.78, 5) is 23.1. The van der Waals surface area contributed by atoms with Gasteiger partial charge in [0.15, 0.2) is 6.10 Å². The first kappa shape index (κ1) is 16.0. The van der Waals surface area contributed by atoms with Gasteiger partial charge in [0, 0.05) is 13.0 Å². The molecule has 0 aromatic heterocycles. The smallest absolute Gasteiger partial charge is 0.306 e. The molecule has 0 aliphatic heterocycles. The average molecular weight is 279 g/mol. The Bertz CT molecular complexity index is 442. The third-order valence-corrected chi connectivity index (χ3v) is 2.81. The Hall–Kier alpha value is -2.04. The van der Waals surface area contributed by atoms with Crippen LogP contribution in [0.15, 0.2) is 24.3 Å². The minimum absolute atomic E-state index is 0.246. The molecule has 0 radical (unpaired) electrons. The number of hydrogen-bond donors (Lipinski definition) is 1. The van der Waals surface area contributed by atoms with E-state index in [4.69, 9.17) is 9.47 Å². The van der Waals surface area contributed by atoms with Crippen LogP contribution in [0, 0.1) is 0 Å². The van der Waals surface area contributed by atoms with E-state index in [9.17, 15) is 9.59 Å². The second-order valence-corrected chi connectivity index (χ2v) is 4.37. The zero-order valence-corrected chi connectivity index (χ0v) is 12.1. The van der Waals surface area contributed by atoms with Crippen molar-refractivity contribution in [3.8, 4) is 5.75 Å². The Kier molecular flexibility index (Phi) is 6.56. The van der Waals surface area contributed by atoms with Gasteiger partial charge in [0.2, 0.25) is 0 Å². The molecule has 0 unspecified atom stereocenters. The molecule has 0 bridgehead atoms. The molecule has 0 heterocycles. The third-order valence-electron chi connectivity index (χ3n) is 2.81. The van der Waals surface area contributed by atoms with Crippen LogP contribution in [0.3, 0.4) is 0 Å². The Morgan fingerprint density at radius 2 is 1.90 bits per heavy atom. The molecule has 5 nitrogen and oxygen atoms in total. The van der Waals surface area contributed by atoms with Crippen molar-refractivity contribution < 1.29 is 19.1 Å². The number of methoxy groups -OCH3 is 1. The topological polar surface area (TPSA) is 64.6 Å². The van der Waals surface area contributed by atoms with Crippen molar-refractivity contribution in [2.75, 3.05) is 13.7 Å². The number of carbonyl (C=O) groups excluding carboxylic acids is 2. The average Bonchev–Trinajstić information content (AvgIpc) is 2.45. The van der Waals surface area contributed by atoms with Crippen LogP contribution in [0.1, 0.15) is 25.8 Å². The molecule has 0 saturated heterocycles. The summed E-state index contributed by atoms with van der Waals surface area (Å²) >= 11 is 0. The molecular formula is C15H21NO4. The van der Waals surface area contributed by atoms with Gasteiger partial charge in [-0.3, -0.25) is 9.59 Å². The normalized spacial score (nSPS) is 11.6. The van der Waals surface area contributed by atoms with Crippen LogP contribution in [-0.4, -0.2) is 31.6 Å². The van der Waals surface area contributed by atoms with Crippen molar-refractivity contribution in [3.63, 3.8) is 0 Å². The molecule has 0 fully saturated rings. The van der Waals surface area contributed by atoms with Crippen LogP contribution in [0.4, 0.5) is 0 Å². The standard InChI is InChI=1S/C15H21NO4/c1-4-16-15(18)11(2)20-14(17)10-7-12-5-8-13(19-3)9-6-12/h5-6,8-9,11H,4,7,10H2,1-3H3,(H,16,18)/t11-/m0/s1. The maximum absolute atomic E-state index is 11.6. The van der Waals surface area contributed by atoms with Crippen LogP contribution in [0.5, 0.6) is 5.75 Å². The van der Waals surface area contributed by atoms with Gasteiger partial charge in [0.05, 0.1) is 7.11 Å². The molecule has 0 aliphatic carbocycles. The SMILES string of the molecule is CCNC(=O)[C@H](C)OC(=O)CCc1ccc(OC)cc1. The number of ether oxygens (including phenoxy) is 2. The van der Waals surface area contributed by atoms with Gasteiger partial charge in [-0.1, -0.05) is 12.1 Å². The van der Waals surface area contributed by atoms with E-state index in [1.165, 1.54) is 0 Å². The summed E-state index contributed by atoms with van der Waals surface area (Å²) in [7, 11) is 1.61. The summed E-state index contributed by atoms with van der Waals surface area (Å²) in [5, 5.41) is 2.61. The molecule has 20 heavy (non-hydrogen) atoms. The van der Waals surface area contributed by atoms with Gasteiger partial charge < -0.3 is 14.8 Å². The summed E-state index contributed by atoms with van der Waals surface area (Å²) in [6, 6.07) is 7.49. The van der Waals surface area contributed by atoms with E-state index in [0.717, 1.165) is 11.3 Å². The van der Waals surface area contributed by atoms with Gasteiger partial charge >= 0.3 is 5.97 Å². The lowest BCUT2D eigenvalue weighted by molar-refractivity contribution is -0.154. The molecular weight excluding hydrogens is 258 g/mol. The van der Waals surface area contributed by atoms with Crippen LogP contribution < -0.4 is 10.1 Å². The van der Waals surface area contributed by atoms with Gasteiger partial charge in [-0.2, -0.15) is 0 Å². The monoisotopic (exact) mass is 279 g/mol. The first-order valence-electron chi connectivity index (χ1n) is 6.67. The lowest BCUT2D eigenvalue weighted by Crippen LogP contribution is -2.35. The largest absolute Gasteiger partial charge is 0.497 e. The van der Waals surface area contributed by atoms with Crippen molar-refractivity contribution in [2.45, 2.75) is 32.8 Å². The second kappa shape index (κ2) is 8.19. The van der Waals surface area contributed by atoms with Crippen LogP contribution in [0.2, 0.25) is 0 Å².